The lowest BCUT2D eigenvalue weighted by Crippen LogP contribution is -2.53. The first-order chi connectivity index (χ1) is 6.29. The van der Waals surface area contributed by atoms with Gasteiger partial charge < -0.3 is 9.84 Å². The minimum absolute atomic E-state index is 0.141. The van der Waals surface area contributed by atoms with Gasteiger partial charge in [-0.1, -0.05) is 39.5 Å². The average molecular weight is 186 g/mol. The van der Waals surface area contributed by atoms with Gasteiger partial charge in [0.25, 0.3) is 0 Å². The summed E-state index contributed by atoms with van der Waals surface area (Å²) in [5.41, 5.74) is 0. The zero-order chi connectivity index (χ0) is 9.68. The van der Waals surface area contributed by atoms with Crippen molar-refractivity contribution in [2.75, 3.05) is 0 Å². The van der Waals surface area contributed by atoms with Crippen molar-refractivity contribution in [3.63, 3.8) is 0 Å². The molecule has 1 heterocycles. The fourth-order valence-corrected chi connectivity index (χ4v) is 1.82. The van der Waals surface area contributed by atoms with Crippen molar-refractivity contribution in [3.05, 3.63) is 0 Å². The number of hydrogen-bond acceptors (Lipinski definition) is 2. The van der Waals surface area contributed by atoms with E-state index >= 15 is 0 Å². The number of hydrogen-bond donors (Lipinski definition) is 1. The molecule has 1 aliphatic rings. The molecular formula is C11H22O2. The van der Waals surface area contributed by atoms with E-state index in [0.29, 0.717) is 0 Å². The Morgan fingerprint density at radius 3 is 1.77 bits per heavy atom. The van der Waals surface area contributed by atoms with Crippen LogP contribution in [0, 0.1) is 0 Å². The Bertz CT molecular complexity index is 122. The summed E-state index contributed by atoms with van der Waals surface area (Å²) in [5.74, 6) is 0. The van der Waals surface area contributed by atoms with E-state index in [1.165, 1.54) is 25.7 Å². The number of aliphatic hydroxyl groups is 1. The van der Waals surface area contributed by atoms with Crippen LogP contribution in [0.2, 0.25) is 0 Å². The summed E-state index contributed by atoms with van der Waals surface area (Å²) < 4.78 is 5.61. The van der Waals surface area contributed by atoms with Crippen LogP contribution in [0.4, 0.5) is 0 Å². The Morgan fingerprint density at radius 1 is 1.00 bits per heavy atom. The molecule has 0 aromatic heterocycles. The molecule has 13 heavy (non-hydrogen) atoms. The van der Waals surface area contributed by atoms with Gasteiger partial charge in [-0.2, -0.15) is 0 Å². The molecule has 0 aliphatic carbocycles. The molecule has 0 aromatic rings. The van der Waals surface area contributed by atoms with Gasteiger partial charge in [-0.25, -0.2) is 0 Å². The lowest BCUT2D eigenvalue weighted by atomic mass is 9.93. The molecule has 0 bridgehead atoms. The Hall–Kier alpha value is -0.0800. The molecule has 2 nitrogen and oxygen atoms in total. The smallest absolute Gasteiger partial charge is 0.106 e. The number of unbranched alkanes of at least 4 members (excludes halogenated alkanes) is 2. The minimum Gasteiger partial charge on any atom is -0.388 e. The Morgan fingerprint density at radius 2 is 1.46 bits per heavy atom. The van der Waals surface area contributed by atoms with Crippen LogP contribution in [-0.2, 0) is 4.74 Å². The first-order valence-electron chi connectivity index (χ1n) is 5.63. The molecule has 1 rings (SSSR count). The van der Waals surface area contributed by atoms with Crippen molar-refractivity contribution in [3.8, 4) is 0 Å². The van der Waals surface area contributed by atoms with Crippen LogP contribution in [0.5, 0.6) is 0 Å². The molecule has 0 amide bonds. The van der Waals surface area contributed by atoms with Crippen LogP contribution in [0.15, 0.2) is 0 Å². The summed E-state index contributed by atoms with van der Waals surface area (Å²) in [6, 6.07) is 0. The largest absolute Gasteiger partial charge is 0.388 e. The Balaban J connectivity index is 2.07. The zero-order valence-corrected chi connectivity index (χ0v) is 8.83. The predicted molar refractivity (Wildman–Crippen MR) is 53.7 cm³/mol. The normalized spacial score (nSPS) is 28.8. The first-order valence-corrected chi connectivity index (χ1v) is 5.63. The summed E-state index contributed by atoms with van der Waals surface area (Å²) in [7, 11) is 0. The van der Waals surface area contributed by atoms with Crippen molar-refractivity contribution < 1.29 is 9.84 Å². The van der Waals surface area contributed by atoms with Gasteiger partial charge in [0, 0.05) is 0 Å². The first kappa shape index (κ1) is 11.0. The molecule has 0 unspecified atom stereocenters. The second kappa shape index (κ2) is 5.61. The van der Waals surface area contributed by atoms with Gasteiger partial charge in [-0.3, -0.25) is 0 Å². The Kier molecular flexibility index (Phi) is 4.74. The maximum Gasteiger partial charge on any atom is 0.106 e. The van der Waals surface area contributed by atoms with Crippen LogP contribution in [0.3, 0.4) is 0 Å². The third kappa shape index (κ3) is 2.96. The number of aliphatic hydroxyl groups excluding tert-OH is 1. The molecular weight excluding hydrogens is 164 g/mol. The maximum absolute atomic E-state index is 9.70. The van der Waals surface area contributed by atoms with E-state index in [2.05, 4.69) is 13.8 Å². The summed E-state index contributed by atoms with van der Waals surface area (Å²) in [6.45, 7) is 4.33. The fraction of sp³-hybridized carbons (Fsp3) is 1.00. The van der Waals surface area contributed by atoms with E-state index in [9.17, 15) is 5.11 Å². The fourth-order valence-electron chi connectivity index (χ4n) is 1.82. The van der Waals surface area contributed by atoms with Crippen molar-refractivity contribution in [2.45, 2.75) is 70.7 Å². The van der Waals surface area contributed by atoms with E-state index < -0.39 is 0 Å². The number of ether oxygens (including phenoxy) is 1. The molecule has 0 saturated carbocycles. The zero-order valence-electron chi connectivity index (χ0n) is 8.83. The van der Waals surface area contributed by atoms with Crippen molar-refractivity contribution in [1.82, 2.24) is 0 Å². The summed E-state index contributed by atoms with van der Waals surface area (Å²) in [4.78, 5) is 0. The van der Waals surface area contributed by atoms with Crippen LogP contribution < -0.4 is 0 Å². The highest BCUT2D eigenvalue weighted by atomic mass is 16.6. The summed E-state index contributed by atoms with van der Waals surface area (Å²) >= 11 is 0. The van der Waals surface area contributed by atoms with Gasteiger partial charge in [0.05, 0.1) is 12.2 Å². The van der Waals surface area contributed by atoms with Crippen LogP contribution in [0.25, 0.3) is 0 Å². The number of rotatable bonds is 6. The van der Waals surface area contributed by atoms with E-state index in [0.717, 1.165) is 12.8 Å². The highest BCUT2D eigenvalue weighted by Gasteiger charge is 2.39. The molecule has 2 heteroatoms. The van der Waals surface area contributed by atoms with E-state index in [1.54, 1.807) is 0 Å². The highest BCUT2D eigenvalue weighted by Crippen LogP contribution is 2.28. The standard InChI is InChI=1S/C11H22O2/c1-3-5-7-9-11(12)10(13-9)8-6-4-2/h9-12H,3-8H2,1-2H3/t9-,10-/m0/s1. The quantitative estimate of drug-likeness (QED) is 0.690. The van der Waals surface area contributed by atoms with Gasteiger partial charge in [0.2, 0.25) is 0 Å². The van der Waals surface area contributed by atoms with Crippen LogP contribution in [-0.4, -0.2) is 23.4 Å². The second-order valence-corrected chi connectivity index (χ2v) is 3.99. The molecule has 0 aromatic carbocycles. The third-order valence-electron chi connectivity index (χ3n) is 2.80. The lowest BCUT2D eigenvalue weighted by molar-refractivity contribution is -0.225. The van der Waals surface area contributed by atoms with Crippen LogP contribution in [0.1, 0.15) is 52.4 Å². The third-order valence-corrected chi connectivity index (χ3v) is 2.80. The van der Waals surface area contributed by atoms with Crippen LogP contribution >= 0.6 is 0 Å². The van der Waals surface area contributed by atoms with Crippen molar-refractivity contribution in [2.24, 2.45) is 0 Å². The predicted octanol–water partition coefficient (Wildman–Crippen LogP) is 2.50. The van der Waals surface area contributed by atoms with Gasteiger partial charge in [0.15, 0.2) is 0 Å². The Labute approximate surface area is 81.3 Å². The summed E-state index contributed by atoms with van der Waals surface area (Å²) in [5, 5.41) is 9.70. The molecule has 0 spiro atoms. The van der Waals surface area contributed by atoms with Gasteiger partial charge in [-0.15, -0.1) is 0 Å². The topological polar surface area (TPSA) is 29.5 Å². The molecule has 1 fully saturated rings. The second-order valence-electron chi connectivity index (χ2n) is 3.99. The van der Waals surface area contributed by atoms with E-state index in [1.807, 2.05) is 0 Å². The molecule has 1 N–H and O–H groups in total. The van der Waals surface area contributed by atoms with E-state index in [4.69, 9.17) is 4.74 Å². The monoisotopic (exact) mass is 186 g/mol. The van der Waals surface area contributed by atoms with Gasteiger partial charge in [0.1, 0.15) is 6.10 Å². The summed E-state index contributed by atoms with van der Waals surface area (Å²) in [6.07, 6.45) is 6.87. The van der Waals surface area contributed by atoms with Gasteiger partial charge in [-0.05, 0) is 12.8 Å². The molecule has 78 valence electrons. The minimum atomic E-state index is -0.182. The average Bonchev–Trinajstić information content (AvgIpc) is 2.15. The lowest BCUT2D eigenvalue weighted by Gasteiger charge is -2.41. The molecule has 1 saturated heterocycles. The van der Waals surface area contributed by atoms with Crippen molar-refractivity contribution >= 4 is 0 Å². The molecule has 1 aliphatic heterocycles. The SMILES string of the molecule is CCCC[C@@H]1O[C@@H](CCCC)C1O. The van der Waals surface area contributed by atoms with Gasteiger partial charge >= 0.3 is 0 Å². The molecule has 2 atom stereocenters. The molecule has 0 radical (unpaired) electrons. The maximum atomic E-state index is 9.70. The van der Waals surface area contributed by atoms with Crippen molar-refractivity contribution in [1.29, 1.82) is 0 Å². The highest BCUT2D eigenvalue weighted by molar-refractivity contribution is 4.87. The van der Waals surface area contributed by atoms with E-state index in [-0.39, 0.29) is 18.3 Å².